The lowest BCUT2D eigenvalue weighted by atomic mass is 10.1. The van der Waals surface area contributed by atoms with Gasteiger partial charge in [-0.2, -0.15) is 0 Å². The maximum absolute atomic E-state index is 13.2. The molecular formula is C25H25ClN4O3S. The number of carbonyl (C=O) groups is 1. The molecule has 34 heavy (non-hydrogen) atoms. The second-order valence-corrected chi connectivity index (χ2v) is 9.39. The summed E-state index contributed by atoms with van der Waals surface area (Å²) in [6, 6.07) is 18.6. The van der Waals surface area contributed by atoms with Crippen LogP contribution in [-0.2, 0) is 11.3 Å². The second kappa shape index (κ2) is 10.9. The van der Waals surface area contributed by atoms with Crippen LogP contribution in [0.5, 0.6) is 0 Å². The third-order valence-corrected chi connectivity index (χ3v) is 6.62. The Hall–Kier alpha value is -3.07. The molecule has 0 aliphatic rings. The summed E-state index contributed by atoms with van der Waals surface area (Å²) in [7, 11) is 3.96. The Morgan fingerprint density at radius 1 is 1.18 bits per heavy atom. The zero-order valence-electron chi connectivity index (χ0n) is 18.9. The Balaban J connectivity index is 1.51. The first-order valence-electron chi connectivity index (χ1n) is 10.8. The van der Waals surface area contributed by atoms with Gasteiger partial charge < -0.3 is 14.6 Å². The van der Waals surface area contributed by atoms with E-state index in [1.807, 2.05) is 44.4 Å². The van der Waals surface area contributed by atoms with E-state index in [0.717, 1.165) is 5.56 Å². The number of benzene rings is 2. The first kappa shape index (κ1) is 24.1. The molecule has 4 rings (SSSR count). The lowest BCUT2D eigenvalue weighted by Gasteiger charge is -2.25. The maximum Gasteiger partial charge on any atom is 0.262 e. The maximum atomic E-state index is 13.2. The van der Waals surface area contributed by atoms with Crippen LogP contribution in [0.3, 0.4) is 0 Å². The molecule has 0 spiro atoms. The number of carbonyl (C=O) groups excluding carboxylic acids is 1. The van der Waals surface area contributed by atoms with Gasteiger partial charge in [0.1, 0.15) is 5.76 Å². The number of nitrogens with zero attached hydrogens (tertiary/aromatic N) is 3. The average molecular weight is 497 g/mol. The summed E-state index contributed by atoms with van der Waals surface area (Å²) in [5, 5.41) is 4.38. The highest BCUT2D eigenvalue weighted by molar-refractivity contribution is 7.99. The summed E-state index contributed by atoms with van der Waals surface area (Å²) in [6.45, 7) is 0.689. The molecule has 2 aromatic heterocycles. The van der Waals surface area contributed by atoms with Crippen molar-refractivity contribution in [1.82, 2.24) is 19.8 Å². The van der Waals surface area contributed by atoms with Crippen LogP contribution in [0.2, 0.25) is 5.02 Å². The van der Waals surface area contributed by atoms with Gasteiger partial charge in [0.15, 0.2) is 5.16 Å². The first-order chi connectivity index (χ1) is 16.4. The topological polar surface area (TPSA) is 80.4 Å². The number of hydrogen-bond acceptors (Lipinski definition) is 6. The molecule has 4 aromatic rings. The van der Waals surface area contributed by atoms with Crippen LogP contribution >= 0.6 is 23.4 Å². The Morgan fingerprint density at radius 2 is 1.97 bits per heavy atom. The van der Waals surface area contributed by atoms with E-state index >= 15 is 0 Å². The number of furan rings is 1. The fourth-order valence-electron chi connectivity index (χ4n) is 3.65. The molecule has 0 aliphatic carbocycles. The van der Waals surface area contributed by atoms with E-state index in [9.17, 15) is 9.59 Å². The number of halogens is 1. The van der Waals surface area contributed by atoms with E-state index in [1.54, 1.807) is 36.6 Å². The first-order valence-corrected chi connectivity index (χ1v) is 12.1. The molecule has 7 nitrogen and oxygen atoms in total. The minimum atomic E-state index is -0.210. The highest BCUT2D eigenvalue weighted by Gasteiger charge is 2.17. The summed E-state index contributed by atoms with van der Waals surface area (Å²) in [4.78, 5) is 32.6. The third kappa shape index (κ3) is 5.70. The van der Waals surface area contributed by atoms with Gasteiger partial charge in [0.05, 0.1) is 35.5 Å². The molecule has 1 atom stereocenters. The lowest BCUT2D eigenvalue weighted by Crippen LogP contribution is -2.35. The van der Waals surface area contributed by atoms with Gasteiger partial charge in [-0.1, -0.05) is 53.7 Å². The summed E-state index contributed by atoms with van der Waals surface area (Å²) in [6.07, 6.45) is 1.56. The summed E-state index contributed by atoms with van der Waals surface area (Å²) >= 11 is 7.32. The zero-order valence-corrected chi connectivity index (χ0v) is 20.5. The van der Waals surface area contributed by atoms with Crippen LogP contribution in [0, 0.1) is 0 Å². The van der Waals surface area contributed by atoms with Crippen LogP contribution < -0.4 is 10.9 Å². The fraction of sp³-hybridized carbons (Fsp3) is 0.240. The van der Waals surface area contributed by atoms with Crippen LogP contribution in [-0.4, -0.2) is 46.8 Å². The molecule has 1 amide bonds. The van der Waals surface area contributed by atoms with E-state index in [-0.39, 0.29) is 29.8 Å². The van der Waals surface area contributed by atoms with Gasteiger partial charge in [0.25, 0.3) is 5.56 Å². The van der Waals surface area contributed by atoms with Crippen molar-refractivity contribution in [2.24, 2.45) is 0 Å². The van der Waals surface area contributed by atoms with Crippen molar-refractivity contribution in [3.05, 3.63) is 93.6 Å². The van der Waals surface area contributed by atoms with E-state index in [1.165, 1.54) is 16.3 Å². The van der Waals surface area contributed by atoms with Crippen molar-refractivity contribution >= 4 is 40.2 Å². The van der Waals surface area contributed by atoms with Crippen LogP contribution in [0.4, 0.5) is 0 Å². The van der Waals surface area contributed by atoms with Gasteiger partial charge in [-0.25, -0.2) is 4.98 Å². The SMILES string of the molecule is CN(C)[C@@H](CNC(=O)CSc1nc2cc(Cl)ccc2c(=O)n1Cc1ccco1)c1ccccc1. The Labute approximate surface area is 206 Å². The summed E-state index contributed by atoms with van der Waals surface area (Å²) in [5.74, 6) is 0.601. The molecule has 0 saturated heterocycles. The molecule has 2 aromatic carbocycles. The predicted octanol–water partition coefficient (Wildman–Crippen LogP) is 4.20. The predicted molar refractivity (Wildman–Crippen MR) is 135 cm³/mol. The number of nitrogens with one attached hydrogen (secondary N) is 1. The number of amides is 1. The van der Waals surface area contributed by atoms with Gasteiger partial charge in [0, 0.05) is 11.6 Å². The largest absolute Gasteiger partial charge is 0.467 e. The van der Waals surface area contributed by atoms with Crippen molar-refractivity contribution in [1.29, 1.82) is 0 Å². The highest BCUT2D eigenvalue weighted by atomic mass is 35.5. The van der Waals surface area contributed by atoms with Crippen LogP contribution in [0.1, 0.15) is 17.4 Å². The second-order valence-electron chi connectivity index (χ2n) is 8.01. The smallest absolute Gasteiger partial charge is 0.262 e. The number of aromatic nitrogens is 2. The lowest BCUT2D eigenvalue weighted by molar-refractivity contribution is -0.118. The van der Waals surface area contributed by atoms with E-state index in [4.69, 9.17) is 16.0 Å². The quantitative estimate of drug-likeness (QED) is 0.276. The Bertz CT molecular complexity index is 1320. The van der Waals surface area contributed by atoms with Crippen molar-refractivity contribution in [2.75, 3.05) is 26.4 Å². The van der Waals surface area contributed by atoms with Crippen LogP contribution in [0.15, 0.2) is 81.3 Å². The standard InChI is InChI=1S/C25H25ClN4O3S/c1-29(2)22(17-7-4-3-5-8-17)14-27-23(31)16-34-25-28-21-13-18(26)10-11-20(21)24(32)30(25)15-19-9-6-12-33-19/h3-13,22H,14-16H2,1-2H3,(H,27,31)/t22-/m0/s1. The van der Waals surface area contributed by atoms with Gasteiger partial charge in [-0.15, -0.1) is 0 Å². The summed E-state index contributed by atoms with van der Waals surface area (Å²) in [5.41, 5.74) is 1.41. The molecule has 0 bridgehead atoms. The van der Waals surface area contributed by atoms with E-state index in [2.05, 4.69) is 15.2 Å². The molecule has 1 N–H and O–H groups in total. The highest BCUT2D eigenvalue weighted by Crippen LogP contribution is 2.22. The number of hydrogen-bond donors (Lipinski definition) is 1. The Morgan fingerprint density at radius 3 is 2.68 bits per heavy atom. The van der Waals surface area contributed by atoms with Crippen molar-refractivity contribution < 1.29 is 9.21 Å². The third-order valence-electron chi connectivity index (χ3n) is 5.41. The van der Waals surface area contributed by atoms with Crippen LogP contribution in [0.25, 0.3) is 10.9 Å². The molecule has 176 valence electrons. The monoisotopic (exact) mass is 496 g/mol. The number of likely N-dealkylation sites (N-methyl/N-ethyl adjacent to an activating group) is 1. The number of thioether (sulfide) groups is 1. The molecule has 0 fully saturated rings. The number of fused-ring (bicyclic) bond motifs is 1. The molecule has 2 heterocycles. The normalized spacial score (nSPS) is 12.2. The van der Waals surface area contributed by atoms with Gasteiger partial charge in [-0.3, -0.25) is 14.2 Å². The summed E-state index contributed by atoms with van der Waals surface area (Å²) < 4.78 is 6.96. The minimum Gasteiger partial charge on any atom is -0.467 e. The van der Waals surface area contributed by atoms with Gasteiger partial charge in [-0.05, 0) is 50.0 Å². The molecule has 0 radical (unpaired) electrons. The Kier molecular flexibility index (Phi) is 7.72. The zero-order chi connectivity index (χ0) is 24.1. The van der Waals surface area contributed by atoms with E-state index < -0.39 is 0 Å². The number of rotatable bonds is 9. The molecule has 0 saturated carbocycles. The molecule has 0 unspecified atom stereocenters. The van der Waals surface area contributed by atoms with Gasteiger partial charge >= 0.3 is 0 Å². The van der Waals surface area contributed by atoms with Crippen molar-refractivity contribution in [3.8, 4) is 0 Å². The van der Waals surface area contributed by atoms with E-state index in [0.29, 0.717) is 33.4 Å². The molecular weight excluding hydrogens is 472 g/mol. The fourth-order valence-corrected chi connectivity index (χ4v) is 4.64. The van der Waals surface area contributed by atoms with Crippen molar-refractivity contribution in [3.63, 3.8) is 0 Å². The molecule has 9 heteroatoms. The van der Waals surface area contributed by atoms with Gasteiger partial charge in [0.2, 0.25) is 5.91 Å². The average Bonchev–Trinajstić information content (AvgIpc) is 3.33. The molecule has 0 aliphatic heterocycles. The minimum absolute atomic E-state index is 0.0493. The van der Waals surface area contributed by atoms with Crippen molar-refractivity contribution in [2.45, 2.75) is 17.7 Å².